The van der Waals surface area contributed by atoms with Crippen molar-refractivity contribution in [3.8, 4) is 0 Å². The van der Waals surface area contributed by atoms with Crippen LogP contribution < -0.4 is 10.2 Å². The van der Waals surface area contributed by atoms with Gasteiger partial charge in [0.1, 0.15) is 0 Å². The second-order valence-electron chi connectivity index (χ2n) is 6.13. The van der Waals surface area contributed by atoms with E-state index in [1.54, 1.807) is 37.3 Å². The second-order valence-corrected chi connectivity index (χ2v) is 6.13. The summed E-state index contributed by atoms with van der Waals surface area (Å²) in [6.07, 6.45) is -3.42. The highest BCUT2D eigenvalue weighted by Gasteiger charge is 2.37. The molecule has 4 nitrogen and oxygen atoms in total. The van der Waals surface area contributed by atoms with E-state index in [9.17, 15) is 18.0 Å². The third kappa shape index (κ3) is 4.31. The smallest absolute Gasteiger partial charge is 0.331 e. The van der Waals surface area contributed by atoms with Gasteiger partial charge in [0, 0.05) is 6.20 Å². The molecule has 28 heavy (non-hydrogen) atoms. The first-order valence-electron chi connectivity index (χ1n) is 8.61. The minimum absolute atomic E-state index is 0.282. The standard InChI is InChI=1S/C21H18F3N3O/c1-15(16-9-4-2-5-10-16)26-20(28)27(17-11-6-3-7-12-17)19-18(21(22,23)24)13-8-14-25-19/h2-15H,1H3,(H,26,28). The van der Waals surface area contributed by atoms with E-state index in [0.717, 1.165) is 16.5 Å². The van der Waals surface area contributed by atoms with Gasteiger partial charge in [0.05, 0.1) is 17.3 Å². The fraction of sp³-hybridized carbons (Fsp3) is 0.143. The van der Waals surface area contributed by atoms with E-state index in [4.69, 9.17) is 0 Å². The molecule has 0 radical (unpaired) electrons. The minimum atomic E-state index is -4.65. The number of carbonyl (C=O) groups excluding carboxylic acids is 1. The van der Waals surface area contributed by atoms with E-state index in [1.807, 2.05) is 30.3 Å². The van der Waals surface area contributed by atoms with Crippen molar-refractivity contribution in [1.29, 1.82) is 0 Å². The van der Waals surface area contributed by atoms with Crippen LogP contribution in [0, 0.1) is 0 Å². The molecular weight excluding hydrogens is 367 g/mol. The minimum Gasteiger partial charge on any atom is -0.331 e. The Labute approximate surface area is 160 Å². The number of alkyl halides is 3. The normalized spacial score (nSPS) is 12.3. The first kappa shape index (κ1) is 19.4. The van der Waals surface area contributed by atoms with Crippen LogP contribution in [0.1, 0.15) is 24.1 Å². The summed E-state index contributed by atoms with van der Waals surface area (Å²) >= 11 is 0. The number of pyridine rings is 1. The number of nitrogens with zero attached hydrogens (tertiary/aromatic N) is 2. The summed E-state index contributed by atoms with van der Waals surface area (Å²) in [4.78, 5) is 17.8. The van der Waals surface area contributed by atoms with Crippen LogP contribution in [0.5, 0.6) is 0 Å². The van der Waals surface area contributed by atoms with Crippen molar-refractivity contribution in [3.63, 3.8) is 0 Å². The molecule has 144 valence electrons. The van der Waals surface area contributed by atoms with Crippen molar-refractivity contribution in [2.45, 2.75) is 19.1 Å². The number of para-hydroxylation sites is 1. The molecule has 0 saturated carbocycles. The summed E-state index contributed by atoms with van der Waals surface area (Å²) in [6, 6.07) is 18.3. The SMILES string of the molecule is CC(NC(=O)N(c1ccccc1)c1ncccc1C(F)(F)F)c1ccccc1. The number of nitrogens with one attached hydrogen (secondary N) is 1. The molecule has 3 rings (SSSR count). The molecule has 3 aromatic rings. The quantitative estimate of drug-likeness (QED) is 0.625. The molecule has 0 spiro atoms. The Kier molecular flexibility index (Phi) is 5.63. The van der Waals surface area contributed by atoms with Gasteiger partial charge in [-0.05, 0) is 36.8 Å². The zero-order valence-electron chi connectivity index (χ0n) is 15.0. The topological polar surface area (TPSA) is 45.2 Å². The van der Waals surface area contributed by atoms with Gasteiger partial charge in [0.15, 0.2) is 5.82 Å². The van der Waals surface area contributed by atoms with Crippen LogP contribution in [0.25, 0.3) is 0 Å². The molecule has 7 heteroatoms. The van der Waals surface area contributed by atoms with Crippen molar-refractivity contribution >= 4 is 17.5 Å². The van der Waals surface area contributed by atoms with E-state index < -0.39 is 29.6 Å². The molecule has 1 N–H and O–H groups in total. The highest BCUT2D eigenvalue weighted by atomic mass is 19.4. The van der Waals surface area contributed by atoms with E-state index >= 15 is 0 Å². The summed E-state index contributed by atoms with van der Waals surface area (Å²) in [5, 5.41) is 2.75. The van der Waals surface area contributed by atoms with Gasteiger partial charge in [-0.3, -0.25) is 0 Å². The van der Waals surface area contributed by atoms with Crippen LogP contribution in [0.4, 0.5) is 29.5 Å². The van der Waals surface area contributed by atoms with Crippen LogP contribution >= 0.6 is 0 Å². The Morgan fingerprint density at radius 3 is 2.18 bits per heavy atom. The highest BCUT2D eigenvalue weighted by molar-refractivity contribution is 5.99. The molecule has 0 fully saturated rings. The Balaban J connectivity index is 2.01. The van der Waals surface area contributed by atoms with Gasteiger partial charge in [-0.25, -0.2) is 14.7 Å². The van der Waals surface area contributed by atoms with Crippen LogP contribution in [0.15, 0.2) is 79.0 Å². The van der Waals surface area contributed by atoms with Crippen molar-refractivity contribution in [2.75, 3.05) is 4.90 Å². The number of anilines is 2. The lowest BCUT2D eigenvalue weighted by atomic mass is 10.1. The van der Waals surface area contributed by atoms with Gasteiger partial charge >= 0.3 is 12.2 Å². The number of hydrogen-bond donors (Lipinski definition) is 1. The average Bonchev–Trinajstić information content (AvgIpc) is 2.69. The number of hydrogen-bond acceptors (Lipinski definition) is 2. The number of carbonyl (C=O) groups is 1. The third-order valence-electron chi connectivity index (χ3n) is 4.16. The Morgan fingerprint density at radius 1 is 0.964 bits per heavy atom. The predicted octanol–water partition coefficient (Wildman–Crippen LogP) is 5.71. The van der Waals surface area contributed by atoms with Crippen molar-refractivity contribution < 1.29 is 18.0 Å². The van der Waals surface area contributed by atoms with Gasteiger partial charge in [0.2, 0.25) is 0 Å². The maximum absolute atomic E-state index is 13.5. The van der Waals surface area contributed by atoms with Crippen LogP contribution in [0.3, 0.4) is 0 Å². The van der Waals surface area contributed by atoms with Crippen LogP contribution in [0.2, 0.25) is 0 Å². The van der Waals surface area contributed by atoms with Crippen LogP contribution in [-0.2, 0) is 6.18 Å². The zero-order valence-corrected chi connectivity index (χ0v) is 15.0. The first-order chi connectivity index (χ1) is 13.4. The summed E-state index contributed by atoms with van der Waals surface area (Å²) < 4.78 is 40.6. The van der Waals surface area contributed by atoms with Gasteiger partial charge in [-0.2, -0.15) is 13.2 Å². The summed E-state index contributed by atoms with van der Waals surface area (Å²) in [5.41, 5.74) is 0.131. The van der Waals surface area contributed by atoms with Gasteiger partial charge in [-0.1, -0.05) is 48.5 Å². The predicted molar refractivity (Wildman–Crippen MR) is 101 cm³/mol. The fourth-order valence-corrected chi connectivity index (χ4v) is 2.78. The number of urea groups is 1. The molecule has 0 aliphatic heterocycles. The van der Waals surface area contributed by atoms with Gasteiger partial charge < -0.3 is 5.32 Å². The molecule has 0 bridgehead atoms. The zero-order chi connectivity index (χ0) is 20.1. The van der Waals surface area contributed by atoms with Crippen molar-refractivity contribution in [1.82, 2.24) is 10.3 Å². The Bertz CT molecular complexity index is 930. The maximum atomic E-state index is 13.5. The van der Waals surface area contributed by atoms with Gasteiger partial charge in [-0.15, -0.1) is 0 Å². The Morgan fingerprint density at radius 2 is 1.57 bits per heavy atom. The molecule has 1 unspecified atom stereocenters. The van der Waals surface area contributed by atoms with Crippen molar-refractivity contribution in [2.24, 2.45) is 0 Å². The van der Waals surface area contributed by atoms with E-state index in [1.165, 1.54) is 12.3 Å². The number of amides is 2. The molecule has 1 aromatic heterocycles. The number of rotatable bonds is 4. The maximum Gasteiger partial charge on any atom is 0.419 e. The van der Waals surface area contributed by atoms with E-state index in [0.29, 0.717) is 0 Å². The molecule has 2 amide bonds. The average molecular weight is 385 g/mol. The molecule has 0 aliphatic carbocycles. The number of halogens is 3. The number of benzene rings is 2. The molecule has 1 heterocycles. The van der Waals surface area contributed by atoms with Gasteiger partial charge in [0.25, 0.3) is 0 Å². The second kappa shape index (κ2) is 8.12. The Hall–Kier alpha value is -3.35. The summed E-state index contributed by atoms with van der Waals surface area (Å²) in [5.74, 6) is -0.473. The molecule has 1 atom stereocenters. The van der Waals surface area contributed by atoms with Crippen molar-refractivity contribution in [3.05, 3.63) is 90.1 Å². The summed E-state index contributed by atoms with van der Waals surface area (Å²) in [7, 11) is 0. The van der Waals surface area contributed by atoms with Crippen LogP contribution in [-0.4, -0.2) is 11.0 Å². The van der Waals surface area contributed by atoms with E-state index in [2.05, 4.69) is 10.3 Å². The largest absolute Gasteiger partial charge is 0.419 e. The fourth-order valence-electron chi connectivity index (χ4n) is 2.78. The summed E-state index contributed by atoms with van der Waals surface area (Å²) in [6.45, 7) is 1.76. The lowest BCUT2D eigenvalue weighted by molar-refractivity contribution is -0.137. The molecule has 0 aliphatic rings. The van der Waals surface area contributed by atoms with E-state index in [-0.39, 0.29) is 5.69 Å². The molecular formula is C21H18F3N3O. The number of aromatic nitrogens is 1. The first-order valence-corrected chi connectivity index (χ1v) is 8.61. The monoisotopic (exact) mass is 385 g/mol. The highest BCUT2D eigenvalue weighted by Crippen LogP contribution is 2.37. The third-order valence-corrected chi connectivity index (χ3v) is 4.16. The molecule has 0 saturated heterocycles. The lowest BCUT2D eigenvalue weighted by Crippen LogP contribution is -2.39. The molecule has 2 aromatic carbocycles. The lowest BCUT2D eigenvalue weighted by Gasteiger charge is -2.26.